The molecule has 0 aliphatic rings. The molecule has 1 heterocycles. The number of benzene rings is 3. The van der Waals surface area contributed by atoms with Crippen LogP contribution in [0.15, 0.2) is 99.1 Å². The molecule has 0 radical (unpaired) electrons. The number of hydrogen-bond donors (Lipinski definition) is 1. The molecule has 0 fully saturated rings. The summed E-state index contributed by atoms with van der Waals surface area (Å²) in [4.78, 5) is 24.2. The van der Waals surface area contributed by atoms with Crippen LogP contribution in [0, 0.1) is 0 Å². The average Bonchev–Trinajstić information content (AvgIpc) is 3.35. The summed E-state index contributed by atoms with van der Waals surface area (Å²) in [6, 6.07) is 22.0. The third kappa shape index (κ3) is 6.05. The lowest BCUT2D eigenvalue weighted by Gasteiger charge is -2.07. The number of esters is 1. The van der Waals surface area contributed by atoms with Gasteiger partial charge in [-0.1, -0.05) is 46.3 Å². The minimum atomic E-state index is -0.513. The Morgan fingerprint density at radius 1 is 0.970 bits per heavy atom. The maximum Gasteiger partial charge on any atom is 0.336 e. The van der Waals surface area contributed by atoms with Gasteiger partial charge in [-0.15, -0.1) is 0 Å². The number of fused-ring (bicyclic) bond motifs is 1. The van der Waals surface area contributed by atoms with E-state index in [1.54, 1.807) is 36.4 Å². The first-order valence-electron chi connectivity index (χ1n) is 10.1. The van der Waals surface area contributed by atoms with Gasteiger partial charge in [-0.3, -0.25) is 4.79 Å². The van der Waals surface area contributed by atoms with Crippen LogP contribution in [0.25, 0.3) is 16.8 Å². The summed E-state index contributed by atoms with van der Waals surface area (Å²) in [5, 5.41) is 6.10. The van der Waals surface area contributed by atoms with Gasteiger partial charge in [0.2, 0.25) is 5.91 Å². The van der Waals surface area contributed by atoms with E-state index in [-0.39, 0.29) is 12.3 Å². The summed E-state index contributed by atoms with van der Waals surface area (Å²) in [6.45, 7) is 0. The maximum absolute atomic E-state index is 12.3. The summed E-state index contributed by atoms with van der Waals surface area (Å²) in [5.74, 6) is 0.231. The Hall–Kier alpha value is -3.97. The fourth-order valence-corrected chi connectivity index (χ4v) is 3.66. The number of carbonyl (C=O) groups is 2. The van der Waals surface area contributed by atoms with Crippen LogP contribution in [0.3, 0.4) is 0 Å². The van der Waals surface area contributed by atoms with Crippen LogP contribution in [0.4, 0.5) is 0 Å². The number of rotatable bonds is 7. The second kappa shape index (κ2) is 10.6. The van der Waals surface area contributed by atoms with Gasteiger partial charge in [-0.05, 0) is 70.4 Å². The maximum atomic E-state index is 12.3. The Kier molecular flexibility index (Phi) is 7.12. The van der Waals surface area contributed by atoms with Crippen molar-refractivity contribution >= 4 is 50.9 Å². The monoisotopic (exact) mass is 502 g/mol. The first-order chi connectivity index (χ1) is 16.1. The first kappa shape index (κ1) is 22.2. The Labute approximate surface area is 198 Å². The largest absolute Gasteiger partial charge is 0.465 e. The lowest BCUT2D eigenvalue weighted by molar-refractivity contribution is -0.129. The lowest BCUT2D eigenvalue weighted by atomic mass is 10.0. The second-order valence-electron chi connectivity index (χ2n) is 7.06. The zero-order valence-electron chi connectivity index (χ0n) is 17.4. The van der Waals surface area contributed by atoms with Crippen LogP contribution >= 0.6 is 15.9 Å². The van der Waals surface area contributed by atoms with Crippen LogP contribution in [-0.2, 0) is 16.0 Å². The summed E-state index contributed by atoms with van der Waals surface area (Å²) in [6.07, 6.45) is 6.09. The highest BCUT2D eigenvalue weighted by molar-refractivity contribution is 9.10. The smallest absolute Gasteiger partial charge is 0.336 e. The van der Waals surface area contributed by atoms with Crippen LogP contribution in [0.2, 0.25) is 0 Å². The molecule has 164 valence electrons. The first-order valence-corrected chi connectivity index (χ1v) is 10.9. The number of furan rings is 1. The molecule has 3 aromatic carbocycles. The van der Waals surface area contributed by atoms with Gasteiger partial charge in [0.15, 0.2) is 0 Å². The van der Waals surface area contributed by atoms with Crippen LogP contribution < -0.4 is 10.2 Å². The minimum absolute atomic E-state index is 0.214. The summed E-state index contributed by atoms with van der Waals surface area (Å²) in [5.41, 5.74) is 4.22. The van der Waals surface area contributed by atoms with Gasteiger partial charge in [0.25, 0.3) is 0 Å². The predicted molar refractivity (Wildman–Crippen MR) is 131 cm³/mol. The number of hydrazone groups is 1. The quantitative estimate of drug-likeness (QED) is 0.119. The molecule has 4 rings (SSSR count). The molecule has 0 atom stereocenters. The van der Waals surface area contributed by atoms with Crippen LogP contribution in [-0.4, -0.2) is 18.1 Å². The van der Waals surface area contributed by atoms with Crippen molar-refractivity contribution in [2.24, 2.45) is 5.10 Å². The zero-order chi connectivity index (χ0) is 23.0. The molecule has 0 spiro atoms. The van der Waals surface area contributed by atoms with Gasteiger partial charge in [0.1, 0.15) is 11.5 Å². The van der Waals surface area contributed by atoms with Crippen molar-refractivity contribution < 1.29 is 18.7 Å². The van der Waals surface area contributed by atoms with E-state index in [0.29, 0.717) is 11.5 Å². The molecule has 0 saturated carbocycles. The van der Waals surface area contributed by atoms with Gasteiger partial charge < -0.3 is 9.15 Å². The van der Waals surface area contributed by atoms with E-state index in [1.165, 1.54) is 24.6 Å². The van der Waals surface area contributed by atoms with Crippen molar-refractivity contribution in [3.8, 4) is 5.75 Å². The predicted octanol–water partition coefficient (Wildman–Crippen LogP) is 5.51. The molecule has 0 saturated heterocycles. The minimum Gasteiger partial charge on any atom is -0.465 e. The number of nitrogens with zero attached hydrogens (tertiary/aromatic N) is 1. The molecule has 0 unspecified atom stereocenters. The molecular formula is C26H19BrN2O4. The van der Waals surface area contributed by atoms with E-state index >= 15 is 0 Å². The third-order valence-electron chi connectivity index (χ3n) is 4.74. The molecule has 6 nitrogen and oxygen atoms in total. The van der Waals surface area contributed by atoms with Crippen molar-refractivity contribution in [1.29, 1.82) is 0 Å². The number of nitrogens with one attached hydrogen (secondary N) is 1. The molecule has 7 heteroatoms. The fourth-order valence-electron chi connectivity index (χ4n) is 3.18. The molecule has 1 aromatic heterocycles. The zero-order valence-corrected chi connectivity index (χ0v) is 19.0. The van der Waals surface area contributed by atoms with Crippen molar-refractivity contribution in [2.45, 2.75) is 6.42 Å². The normalized spacial score (nSPS) is 11.3. The number of halogens is 1. The van der Waals surface area contributed by atoms with E-state index < -0.39 is 5.97 Å². The molecular weight excluding hydrogens is 484 g/mol. The molecule has 4 aromatic rings. The highest BCUT2D eigenvalue weighted by Crippen LogP contribution is 2.27. The topological polar surface area (TPSA) is 80.9 Å². The number of carbonyl (C=O) groups excluding carboxylic acids is 2. The van der Waals surface area contributed by atoms with E-state index in [1.807, 2.05) is 36.4 Å². The van der Waals surface area contributed by atoms with Crippen molar-refractivity contribution in [3.63, 3.8) is 0 Å². The highest BCUT2D eigenvalue weighted by Gasteiger charge is 2.08. The van der Waals surface area contributed by atoms with E-state index in [9.17, 15) is 9.59 Å². The van der Waals surface area contributed by atoms with Crippen LogP contribution in [0.1, 0.15) is 16.9 Å². The van der Waals surface area contributed by atoms with Gasteiger partial charge in [-0.2, -0.15) is 5.10 Å². The molecule has 1 N–H and O–H groups in total. The molecule has 0 bridgehead atoms. The Morgan fingerprint density at radius 2 is 1.76 bits per heavy atom. The second-order valence-corrected chi connectivity index (χ2v) is 7.92. The van der Waals surface area contributed by atoms with E-state index in [2.05, 4.69) is 26.5 Å². The lowest BCUT2D eigenvalue weighted by Crippen LogP contribution is -2.19. The number of hydrogen-bond acceptors (Lipinski definition) is 5. The fraction of sp³-hybridized carbons (Fsp3) is 0.0385. The van der Waals surface area contributed by atoms with Crippen molar-refractivity contribution in [2.75, 3.05) is 0 Å². The summed E-state index contributed by atoms with van der Waals surface area (Å²) < 4.78 is 11.3. The average molecular weight is 503 g/mol. The number of ether oxygens (including phenoxy) is 1. The summed E-state index contributed by atoms with van der Waals surface area (Å²) in [7, 11) is 0. The van der Waals surface area contributed by atoms with Gasteiger partial charge in [-0.25, -0.2) is 10.2 Å². The van der Waals surface area contributed by atoms with Crippen molar-refractivity contribution in [1.82, 2.24) is 5.43 Å². The summed E-state index contributed by atoms with van der Waals surface area (Å²) >= 11 is 3.54. The molecule has 33 heavy (non-hydrogen) atoms. The van der Waals surface area contributed by atoms with E-state index in [4.69, 9.17) is 9.15 Å². The van der Waals surface area contributed by atoms with Crippen LogP contribution in [0.5, 0.6) is 5.75 Å². The molecule has 0 aliphatic heterocycles. The van der Waals surface area contributed by atoms with E-state index in [0.717, 1.165) is 26.4 Å². The Balaban J connectivity index is 1.30. The molecule has 0 aliphatic carbocycles. The highest BCUT2D eigenvalue weighted by atomic mass is 79.9. The standard InChI is InChI=1S/C26H19BrN2O4/c27-24-13-9-19(22-5-1-2-6-23(22)24)16-25(30)29-28-17-18-7-10-21(11-8-18)33-26(31)14-12-20-4-3-15-32-20/h1-15,17H,16H2,(H,29,30). The Morgan fingerprint density at radius 3 is 2.52 bits per heavy atom. The van der Waals surface area contributed by atoms with Crippen molar-refractivity contribution in [3.05, 3.63) is 106 Å². The Bertz CT molecular complexity index is 1330. The van der Waals surface area contributed by atoms with Gasteiger partial charge in [0, 0.05) is 10.5 Å². The SMILES string of the molecule is O=C(Cc1ccc(Br)c2ccccc12)NN=Cc1ccc(OC(=O)C=Cc2ccco2)cc1. The van der Waals surface area contributed by atoms with Gasteiger partial charge in [0.05, 0.1) is 18.9 Å². The number of amides is 1. The van der Waals surface area contributed by atoms with Gasteiger partial charge >= 0.3 is 5.97 Å². The third-order valence-corrected chi connectivity index (χ3v) is 5.43. The molecule has 1 amide bonds.